The van der Waals surface area contributed by atoms with Gasteiger partial charge in [0, 0.05) is 11.6 Å². The van der Waals surface area contributed by atoms with Crippen molar-refractivity contribution in [2.75, 3.05) is 6.61 Å². The number of primary amides is 1. The summed E-state index contributed by atoms with van der Waals surface area (Å²) in [6.07, 6.45) is 1.57. The molecule has 0 aliphatic heterocycles. The first-order chi connectivity index (χ1) is 9.16. The van der Waals surface area contributed by atoms with Crippen LogP contribution in [0.3, 0.4) is 0 Å². The Morgan fingerprint density at radius 1 is 1.40 bits per heavy atom. The second-order valence-corrected chi connectivity index (χ2v) is 6.09. The second kappa shape index (κ2) is 5.81. The van der Waals surface area contributed by atoms with Gasteiger partial charge in [-0.15, -0.1) is 0 Å². The van der Waals surface area contributed by atoms with Crippen molar-refractivity contribution in [1.29, 1.82) is 0 Å². The summed E-state index contributed by atoms with van der Waals surface area (Å²) in [4.78, 5) is 23.0. The molecule has 1 saturated carbocycles. The summed E-state index contributed by atoms with van der Waals surface area (Å²) in [6, 6.07) is -0.687. The van der Waals surface area contributed by atoms with Gasteiger partial charge in [-0.3, -0.25) is 4.79 Å². The number of nitrogens with zero attached hydrogens (tertiary/aromatic N) is 1. The van der Waals surface area contributed by atoms with Gasteiger partial charge in [-0.1, -0.05) is 13.8 Å². The number of hydrazone groups is 1. The maximum absolute atomic E-state index is 12.3. The van der Waals surface area contributed by atoms with Crippen LogP contribution in [0.5, 0.6) is 0 Å². The first-order valence-electron chi connectivity index (χ1n) is 6.93. The van der Waals surface area contributed by atoms with Gasteiger partial charge >= 0.3 is 12.0 Å². The maximum atomic E-state index is 12.3. The average molecular weight is 283 g/mol. The monoisotopic (exact) mass is 283 g/mol. The summed E-state index contributed by atoms with van der Waals surface area (Å²) in [5, 5.41) is 4.01. The molecule has 0 aromatic carbocycles. The summed E-state index contributed by atoms with van der Waals surface area (Å²) in [7, 11) is 0. The zero-order chi connectivity index (χ0) is 15.6. The fourth-order valence-corrected chi connectivity index (χ4v) is 3.11. The summed E-state index contributed by atoms with van der Waals surface area (Å²) < 4.78 is 5.22. The lowest BCUT2D eigenvalue weighted by atomic mass is 9.65. The Labute approximate surface area is 120 Å². The minimum atomic E-state index is -0.687. The van der Waals surface area contributed by atoms with Crippen molar-refractivity contribution in [3.63, 3.8) is 0 Å². The van der Waals surface area contributed by atoms with E-state index in [4.69, 9.17) is 10.5 Å². The highest BCUT2D eigenvalue weighted by molar-refractivity contribution is 5.89. The van der Waals surface area contributed by atoms with Crippen LogP contribution in [0.15, 0.2) is 5.10 Å². The van der Waals surface area contributed by atoms with E-state index < -0.39 is 11.4 Å². The molecule has 6 nitrogen and oxygen atoms in total. The van der Waals surface area contributed by atoms with E-state index in [1.807, 2.05) is 34.6 Å². The molecule has 0 aromatic heterocycles. The molecule has 0 heterocycles. The zero-order valence-electron chi connectivity index (χ0n) is 12.9. The van der Waals surface area contributed by atoms with E-state index in [9.17, 15) is 9.59 Å². The van der Waals surface area contributed by atoms with Crippen molar-refractivity contribution >= 4 is 17.7 Å². The molecule has 0 saturated heterocycles. The topological polar surface area (TPSA) is 93.8 Å². The molecular formula is C14H25N3O3. The Bertz CT molecular complexity index is 431. The number of esters is 1. The highest BCUT2D eigenvalue weighted by atomic mass is 16.5. The van der Waals surface area contributed by atoms with Gasteiger partial charge in [-0.25, -0.2) is 10.2 Å². The van der Waals surface area contributed by atoms with E-state index in [0.29, 0.717) is 6.61 Å². The number of ether oxygens (including phenoxy) is 1. The second-order valence-electron chi connectivity index (χ2n) is 6.09. The van der Waals surface area contributed by atoms with E-state index in [1.54, 1.807) is 0 Å². The van der Waals surface area contributed by atoms with E-state index in [0.717, 1.165) is 18.6 Å². The van der Waals surface area contributed by atoms with Crippen molar-refractivity contribution in [1.82, 2.24) is 5.43 Å². The number of carbonyl (C=O) groups excluding carboxylic acids is 2. The third kappa shape index (κ3) is 2.78. The number of nitrogens with two attached hydrogens (primary N) is 1. The average Bonchev–Trinajstić information content (AvgIpc) is 2.59. The third-order valence-corrected chi connectivity index (χ3v) is 4.80. The molecule has 0 radical (unpaired) electrons. The normalized spacial score (nSPS) is 29.1. The molecule has 0 bridgehead atoms. The van der Waals surface area contributed by atoms with Crippen LogP contribution >= 0.6 is 0 Å². The number of carbonyl (C=O) groups is 2. The van der Waals surface area contributed by atoms with Gasteiger partial charge in [-0.2, -0.15) is 5.10 Å². The Balaban J connectivity index is 2.97. The van der Waals surface area contributed by atoms with Crippen molar-refractivity contribution in [2.45, 2.75) is 47.5 Å². The summed E-state index contributed by atoms with van der Waals surface area (Å²) >= 11 is 0. The van der Waals surface area contributed by atoms with Gasteiger partial charge in [0.25, 0.3) is 0 Å². The number of hydrogen-bond donors (Lipinski definition) is 2. The third-order valence-electron chi connectivity index (χ3n) is 4.80. The number of urea groups is 1. The van der Waals surface area contributed by atoms with E-state index in [-0.39, 0.29) is 17.3 Å². The van der Waals surface area contributed by atoms with Crippen LogP contribution in [0.25, 0.3) is 0 Å². The molecule has 2 atom stereocenters. The Morgan fingerprint density at radius 3 is 2.50 bits per heavy atom. The predicted octanol–water partition coefficient (Wildman–Crippen LogP) is 2.04. The fourth-order valence-electron chi connectivity index (χ4n) is 3.11. The van der Waals surface area contributed by atoms with Crippen LogP contribution < -0.4 is 11.2 Å². The van der Waals surface area contributed by atoms with E-state index in [2.05, 4.69) is 10.5 Å². The van der Waals surface area contributed by atoms with Crippen molar-refractivity contribution < 1.29 is 14.3 Å². The smallest absolute Gasteiger partial charge is 0.332 e. The largest absolute Gasteiger partial charge is 0.466 e. The van der Waals surface area contributed by atoms with Crippen LogP contribution in [-0.2, 0) is 9.53 Å². The predicted molar refractivity (Wildman–Crippen MR) is 77.1 cm³/mol. The lowest BCUT2D eigenvalue weighted by Gasteiger charge is -2.39. The van der Waals surface area contributed by atoms with Crippen molar-refractivity contribution in [3.05, 3.63) is 0 Å². The Hall–Kier alpha value is -1.59. The molecular weight excluding hydrogens is 258 g/mol. The van der Waals surface area contributed by atoms with Gasteiger partial charge in [0.05, 0.1) is 12.0 Å². The van der Waals surface area contributed by atoms with Gasteiger partial charge in [0.1, 0.15) is 0 Å². The first-order valence-corrected chi connectivity index (χ1v) is 6.93. The van der Waals surface area contributed by atoms with E-state index in [1.165, 1.54) is 0 Å². The highest BCUT2D eigenvalue weighted by Gasteiger charge is 2.57. The Kier molecular flexibility index (Phi) is 4.78. The summed E-state index contributed by atoms with van der Waals surface area (Å²) in [5.74, 6) is -0.0630. The van der Waals surface area contributed by atoms with Crippen LogP contribution in [0, 0.1) is 16.7 Å². The van der Waals surface area contributed by atoms with E-state index >= 15 is 0 Å². The zero-order valence-corrected chi connectivity index (χ0v) is 12.9. The van der Waals surface area contributed by atoms with Crippen molar-refractivity contribution in [3.8, 4) is 0 Å². The molecule has 0 spiro atoms. The van der Waals surface area contributed by atoms with Gasteiger partial charge in [0.15, 0.2) is 0 Å². The molecule has 1 aliphatic carbocycles. The van der Waals surface area contributed by atoms with Crippen LogP contribution in [0.2, 0.25) is 0 Å². The molecule has 114 valence electrons. The summed E-state index contributed by atoms with van der Waals surface area (Å²) in [5.41, 5.74) is 7.20. The number of rotatable bonds is 4. The SMILES string of the molecule is CCOC(=O)[C@]1(C)CC[C@H](/C(C)=N/NC(N)=O)C1(C)C. The maximum Gasteiger partial charge on any atom is 0.332 e. The summed E-state index contributed by atoms with van der Waals surface area (Å²) in [6.45, 7) is 10.1. The molecule has 1 aliphatic rings. The highest BCUT2D eigenvalue weighted by Crippen LogP contribution is 2.56. The standard InChI is InChI=1S/C14H25N3O3/c1-6-20-11(18)14(5)8-7-10(13(14,3)4)9(2)16-17-12(15)19/h10H,6-8H2,1-5H3,(H3,15,17,19)/b16-9+/t10-,14+/m1/s1. The Morgan fingerprint density at radius 2 is 2.00 bits per heavy atom. The van der Waals surface area contributed by atoms with Crippen molar-refractivity contribution in [2.24, 2.45) is 27.6 Å². The molecule has 6 heteroatoms. The minimum absolute atomic E-state index is 0.101. The number of nitrogens with one attached hydrogen (secondary N) is 1. The minimum Gasteiger partial charge on any atom is -0.466 e. The molecule has 0 unspecified atom stereocenters. The van der Waals surface area contributed by atoms with Gasteiger partial charge in [0.2, 0.25) is 0 Å². The van der Waals surface area contributed by atoms with Crippen LogP contribution in [0.1, 0.15) is 47.5 Å². The lowest BCUT2D eigenvalue weighted by Crippen LogP contribution is -2.43. The molecule has 3 N–H and O–H groups in total. The molecule has 20 heavy (non-hydrogen) atoms. The first kappa shape index (κ1) is 16.5. The molecule has 0 aromatic rings. The fraction of sp³-hybridized carbons (Fsp3) is 0.786. The molecule has 1 rings (SSSR count). The van der Waals surface area contributed by atoms with Gasteiger partial charge in [-0.05, 0) is 39.0 Å². The number of amides is 2. The molecule has 1 fully saturated rings. The molecule has 2 amide bonds. The van der Waals surface area contributed by atoms with Crippen LogP contribution in [-0.4, -0.2) is 24.3 Å². The lowest BCUT2D eigenvalue weighted by molar-refractivity contribution is -0.160. The van der Waals surface area contributed by atoms with Crippen LogP contribution in [0.4, 0.5) is 4.79 Å². The van der Waals surface area contributed by atoms with Gasteiger partial charge < -0.3 is 10.5 Å². The quantitative estimate of drug-likeness (QED) is 0.469. The number of hydrogen-bond acceptors (Lipinski definition) is 4.